The molecule has 21 heavy (non-hydrogen) atoms. The first-order chi connectivity index (χ1) is 10.2. The Morgan fingerprint density at radius 1 is 1.24 bits per heavy atom. The van der Waals surface area contributed by atoms with Crippen molar-refractivity contribution in [3.05, 3.63) is 46.2 Å². The van der Waals surface area contributed by atoms with Gasteiger partial charge in [0.15, 0.2) is 6.61 Å². The highest BCUT2D eigenvalue weighted by Gasteiger charge is 2.02. The summed E-state index contributed by atoms with van der Waals surface area (Å²) in [5, 5.41) is 5.90. The number of rotatable bonds is 7. The molecule has 0 radical (unpaired) electrons. The molecule has 0 fully saturated rings. The zero-order chi connectivity index (χ0) is 15.1. The number of anilines is 1. The lowest BCUT2D eigenvalue weighted by Crippen LogP contribution is -2.24. The molecule has 0 atom stereocenters. The highest BCUT2D eigenvalue weighted by atomic mass is 32.1. The van der Waals surface area contributed by atoms with E-state index in [0.29, 0.717) is 5.75 Å². The predicted octanol–water partition coefficient (Wildman–Crippen LogP) is 3.05. The summed E-state index contributed by atoms with van der Waals surface area (Å²) in [7, 11) is 1.59. The Kier molecular flexibility index (Phi) is 5.63. The average molecular weight is 304 g/mol. The normalized spacial score (nSPS) is 10.2. The van der Waals surface area contributed by atoms with Gasteiger partial charge in [0.05, 0.1) is 0 Å². The summed E-state index contributed by atoms with van der Waals surface area (Å²) in [6.07, 6.45) is 1.08. The van der Waals surface area contributed by atoms with Crippen LogP contribution < -0.4 is 15.4 Å². The Morgan fingerprint density at radius 3 is 2.76 bits per heavy atom. The van der Waals surface area contributed by atoms with Crippen LogP contribution in [-0.2, 0) is 17.8 Å². The van der Waals surface area contributed by atoms with Crippen LogP contribution in [0.4, 0.5) is 5.69 Å². The highest BCUT2D eigenvalue weighted by molar-refractivity contribution is 7.12. The number of hydrogen-bond donors (Lipinski definition) is 2. The number of amides is 1. The van der Waals surface area contributed by atoms with E-state index in [9.17, 15) is 4.79 Å². The molecule has 1 aromatic carbocycles. The third-order valence-electron chi connectivity index (χ3n) is 3.02. The topological polar surface area (TPSA) is 50.4 Å². The molecule has 1 aromatic heterocycles. The van der Waals surface area contributed by atoms with Crippen molar-refractivity contribution < 1.29 is 9.53 Å². The SMILES string of the molecule is CCc1ccc(CNc2cccc(OCC(=O)NC)c2)s1. The summed E-state index contributed by atoms with van der Waals surface area (Å²) < 4.78 is 5.42. The second-order valence-corrected chi connectivity index (χ2v) is 5.82. The summed E-state index contributed by atoms with van der Waals surface area (Å²) in [6.45, 7) is 2.99. The molecule has 2 N–H and O–H groups in total. The monoisotopic (exact) mass is 304 g/mol. The molecule has 0 spiro atoms. The lowest BCUT2D eigenvalue weighted by Gasteiger charge is -2.09. The van der Waals surface area contributed by atoms with Crippen molar-refractivity contribution in [2.75, 3.05) is 19.0 Å². The summed E-state index contributed by atoms with van der Waals surface area (Å²) in [5.41, 5.74) is 0.982. The van der Waals surface area contributed by atoms with Gasteiger partial charge in [-0.1, -0.05) is 13.0 Å². The van der Waals surface area contributed by atoms with Crippen molar-refractivity contribution in [2.45, 2.75) is 19.9 Å². The minimum Gasteiger partial charge on any atom is -0.484 e. The van der Waals surface area contributed by atoms with E-state index in [1.807, 2.05) is 35.6 Å². The van der Waals surface area contributed by atoms with Crippen LogP contribution in [0.1, 0.15) is 16.7 Å². The molecule has 0 aliphatic carbocycles. The van der Waals surface area contributed by atoms with Gasteiger partial charge in [-0.15, -0.1) is 11.3 Å². The van der Waals surface area contributed by atoms with E-state index >= 15 is 0 Å². The maximum Gasteiger partial charge on any atom is 0.257 e. The fourth-order valence-corrected chi connectivity index (χ4v) is 2.71. The minimum absolute atomic E-state index is 0.0325. The van der Waals surface area contributed by atoms with Crippen molar-refractivity contribution in [1.82, 2.24) is 5.32 Å². The van der Waals surface area contributed by atoms with Crippen molar-refractivity contribution in [3.8, 4) is 5.75 Å². The second kappa shape index (κ2) is 7.69. The molecule has 5 heteroatoms. The van der Waals surface area contributed by atoms with Crippen LogP contribution in [0.3, 0.4) is 0 Å². The number of carbonyl (C=O) groups is 1. The Morgan fingerprint density at radius 2 is 2.05 bits per heavy atom. The Labute approximate surface area is 129 Å². The largest absolute Gasteiger partial charge is 0.484 e. The van der Waals surface area contributed by atoms with E-state index < -0.39 is 0 Å². The quantitative estimate of drug-likeness (QED) is 0.826. The molecule has 112 valence electrons. The number of ether oxygens (including phenoxy) is 1. The highest BCUT2D eigenvalue weighted by Crippen LogP contribution is 2.21. The molecular formula is C16H20N2O2S. The van der Waals surface area contributed by atoms with Gasteiger partial charge in [0.25, 0.3) is 5.91 Å². The number of carbonyl (C=O) groups excluding carboxylic acids is 1. The smallest absolute Gasteiger partial charge is 0.257 e. The van der Waals surface area contributed by atoms with Gasteiger partial charge in [-0.25, -0.2) is 0 Å². The Balaban J connectivity index is 1.89. The van der Waals surface area contributed by atoms with E-state index in [0.717, 1.165) is 18.7 Å². The number of aryl methyl sites for hydroxylation is 1. The number of likely N-dealkylation sites (N-methyl/N-ethyl adjacent to an activating group) is 1. The van der Waals surface area contributed by atoms with Crippen LogP contribution in [0, 0.1) is 0 Å². The number of nitrogens with one attached hydrogen (secondary N) is 2. The summed E-state index contributed by atoms with van der Waals surface area (Å²) >= 11 is 1.83. The molecular weight excluding hydrogens is 284 g/mol. The van der Waals surface area contributed by atoms with Crippen LogP contribution in [0.2, 0.25) is 0 Å². The summed E-state index contributed by atoms with van der Waals surface area (Å²) in [4.78, 5) is 13.9. The predicted molar refractivity (Wildman–Crippen MR) is 87.0 cm³/mol. The molecule has 0 saturated heterocycles. The van der Waals surface area contributed by atoms with Gasteiger partial charge >= 0.3 is 0 Å². The zero-order valence-corrected chi connectivity index (χ0v) is 13.1. The van der Waals surface area contributed by atoms with Crippen molar-refractivity contribution in [3.63, 3.8) is 0 Å². The van der Waals surface area contributed by atoms with Crippen LogP contribution >= 0.6 is 11.3 Å². The van der Waals surface area contributed by atoms with E-state index in [1.54, 1.807) is 7.05 Å². The molecule has 0 bridgehead atoms. The van der Waals surface area contributed by atoms with Crippen molar-refractivity contribution >= 4 is 22.9 Å². The fraction of sp³-hybridized carbons (Fsp3) is 0.312. The molecule has 0 saturated carbocycles. The van der Waals surface area contributed by atoms with Gasteiger partial charge in [0, 0.05) is 35.1 Å². The van der Waals surface area contributed by atoms with Crippen LogP contribution in [-0.4, -0.2) is 19.6 Å². The number of thiophene rings is 1. The summed E-state index contributed by atoms with van der Waals surface area (Å²) in [6, 6.07) is 12.0. The Bertz CT molecular complexity index is 595. The lowest BCUT2D eigenvalue weighted by atomic mass is 10.3. The van der Waals surface area contributed by atoms with Crippen molar-refractivity contribution in [2.24, 2.45) is 0 Å². The number of benzene rings is 1. The molecule has 0 aliphatic rings. The fourth-order valence-electron chi connectivity index (χ4n) is 1.81. The standard InChI is InChI=1S/C16H20N2O2S/c1-3-14-7-8-15(21-14)10-18-12-5-4-6-13(9-12)20-11-16(19)17-2/h4-9,18H,3,10-11H2,1-2H3,(H,17,19). The molecule has 2 rings (SSSR count). The van der Waals surface area contributed by atoms with Crippen molar-refractivity contribution in [1.29, 1.82) is 0 Å². The van der Waals surface area contributed by atoms with E-state index in [1.165, 1.54) is 9.75 Å². The molecule has 1 amide bonds. The van der Waals surface area contributed by atoms with Crippen LogP contribution in [0.15, 0.2) is 36.4 Å². The van der Waals surface area contributed by atoms with E-state index in [-0.39, 0.29) is 12.5 Å². The third-order valence-corrected chi connectivity index (χ3v) is 4.24. The Hall–Kier alpha value is -2.01. The second-order valence-electron chi connectivity index (χ2n) is 4.56. The first kappa shape index (κ1) is 15.4. The third kappa shape index (κ3) is 4.79. The lowest BCUT2D eigenvalue weighted by molar-refractivity contribution is -0.122. The molecule has 0 unspecified atom stereocenters. The maximum absolute atomic E-state index is 11.2. The number of hydrogen-bond acceptors (Lipinski definition) is 4. The minimum atomic E-state index is -0.140. The molecule has 4 nitrogen and oxygen atoms in total. The van der Waals surface area contributed by atoms with E-state index in [4.69, 9.17) is 4.74 Å². The first-order valence-electron chi connectivity index (χ1n) is 6.96. The van der Waals surface area contributed by atoms with E-state index in [2.05, 4.69) is 29.7 Å². The van der Waals surface area contributed by atoms with Gasteiger partial charge in [-0.05, 0) is 30.7 Å². The van der Waals surface area contributed by atoms with Gasteiger partial charge in [-0.2, -0.15) is 0 Å². The summed E-state index contributed by atoms with van der Waals surface area (Å²) in [5.74, 6) is 0.545. The van der Waals surface area contributed by atoms with Gasteiger partial charge in [-0.3, -0.25) is 4.79 Å². The van der Waals surface area contributed by atoms with Gasteiger partial charge < -0.3 is 15.4 Å². The molecule has 1 heterocycles. The molecule has 0 aliphatic heterocycles. The first-order valence-corrected chi connectivity index (χ1v) is 7.78. The molecule has 2 aromatic rings. The average Bonchev–Trinajstić information content (AvgIpc) is 2.99. The van der Waals surface area contributed by atoms with Crippen LogP contribution in [0.5, 0.6) is 5.75 Å². The van der Waals surface area contributed by atoms with Crippen LogP contribution in [0.25, 0.3) is 0 Å². The van der Waals surface area contributed by atoms with Gasteiger partial charge in [0.2, 0.25) is 0 Å². The zero-order valence-electron chi connectivity index (χ0n) is 12.3. The van der Waals surface area contributed by atoms with Gasteiger partial charge in [0.1, 0.15) is 5.75 Å². The maximum atomic E-state index is 11.2.